The molecule has 1 aliphatic carbocycles. The van der Waals surface area contributed by atoms with Crippen molar-refractivity contribution in [3.63, 3.8) is 0 Å². The van der Waals surface area contributed by atoms with Crippen LogP contribution in [-0.4, -0.2) is 24.9 Å². The number of benzene rings is 1. The highest BCUT2D eigenvalue weighted by Gasteiger charge is 2.57. The molecule has 1 saturated carbocycles. The molecule has 108 valence electrons. The molecule has 0 heterocycles. The summed E-state index contributed by atoms with van der Waals surface area (Å²) in [6, 6.07) is 9.54. The van der Waals surface area contributed by atoms with Gasteiger partial charge in [-0.1, -0.05) is 25.1 Å². The Morgan fingerprint density at radius 1 is 1.20 bits per heavy atom. The van der Waals surface area contributed by atoms with Gasteiger partial charge in [0.15, 0.2) is 0 Å². The zero-order chi connectivity index (χ0) is 14.6. The third-order valence-electron chi connectivity index (χ3n) is 3.76. The number of carbonyl (C=O) groups is 2. The van der Waals surface area contributed by atoms with Crippen LogP contribution in [0.2, 0.25) is 0 Å². The molecule has 1 aromatic rings. The molecule has 0 bridgehead atoms. The quantitative estimate of drug-likeness (QED) is 0.809. The number of carbonyl (C=O) groups excluding carboxylic acids is 2. The van der Waals surface area contributed by atoms with Crippen molar-refractivity contribution in [3.8, 4) is 0 Å². The predicted octanol–water partition coefficient (Wildman–Crippen LogP) is 2.35. The van der Waals surface area contributed by atoms with E-state index < -0.39 is 5.41 Å². The van der Waals surface area contributed by atoms with Crippen molar-refractivity contribution in [2.45, 2.75) is 33.1 Å². The van der Waals surface area contributed by atoms with Gasteiger partial charge in [0.05, 0.1) is 0 Å². The topological polar surface area (TPSA) is 49.4 Å². The van der Waals surface area contributed by atoms with Crippen molar-refractivity contribution in [3.05, 3.63) is 30.3 Å². The van der Waals surface area contributed by atoms with Crippen molar-refractivity contribution in [1.29, 1.82) is 0 Å². The smallest absolute Gasteiger partial charge is 0.242 e. The van der Waals surface area contributed by atoms with E-state index in [2.05, 4.69) is 5.32 Å². The third-order valence-corrected chi connectivity index (χ3v) is 3.76. The zero-order valence-corrected chi connectivity index (χ0v) is 12.2. The second kappa shape index (κ2) is 6.07. The molecule has 1 aliphatic rings. The maximum atomic E-state index is 12.7. The zero-order valence-electron chi connectivity index (χ0n) is 12.2. The van der Waals surface area contributed by atoms with Gasteiger partial charge in [0, 0.05) is 18.8 Å². The van der Waals surface area contributed by atoms with Gasteiger partial charge in [0.1, 0.15) is 5.41 Å². The van der Waals surface area contributed by atoms with Crippen molar-refractivity contribution in [1.82, 2.24) is 5.32 Å². The van der Waals surface area contributed by atoms with E-state index in [1.165, 1.54) is 0 Å². The van der Waals surface area contributed by atoms with Crippen LogP contribution in [0, 0.1) is 5.41 Å². The summed E-state index contributed by atoms with van der Waals surface area (Å²) < 4.78 is 0. The van der Waals surface area contributed by atoms with Crippen molar-refractivity contribution in [2.24, 2.45) is 5.41 Å². The lowest BCUT2D eigenvalue weighted by Crippen LogP contribution is -2.45. The molecule has 0 saturated heterocycles. The van der Waals surface area contributed by atoms with Gasteiger partial charge >= 0.3 is 0 Å². The van der Waals surface area contributed by atoms with Crippen LogP contribution >= 0.6 is 0 Å². The summed E-state index contributed by atoms with van der Waals surface area (Å²) in [4.78, 5) is 26.7. The molecule has 2 amide bonds. The van der Waals surface area contributed by atoms with Gasteiger partial charge in [-0.15, -0.1) is 0 Å². The molecule has 0 radical (unpaired) electrons. The van der Waals surface area contributed by atoms with Gasteiger partial charge in [0.25, 0.3) is 0 Å². The molecule has 0 aromatic heterocycles. The van der Waals surface area contributed by atoms with E-state index in [1.807, 2.05) is 44.2 Å². The number of rotatable bonds is 6. The second-order valence-electron chi connectivity index (χ2n) is 5.22. The summed E-state index contributed by atoms with van der Waals surface area (Å²) in [7, 11) is 0. The highest BCUT2D eigenvalue weighted by atomic mass is 16.2. The summed E-state index contributed by atoms with van der Waals surface area (Å²) in [6.07, 6.45) is 2.20. The monoisotopic (exact) mass is 274 g/mol. The number of nitrogens with zero attached hydrogens (tertiary/aromatic N) is 1. The summed E-state index contributed by atoms with van der Waals surface area (Å²) in [5, 5.41) is 2.86. The average Bonchev–Trinajstić information content (AvgIpc) is 3.28. The Morgan fingerprint density at radius 3 is 2.35 bits per heavy atom. The van der Waals surface area contributed by atoms with Crippen LogP contribution < -0.4 is 10.2 Å². The number of hydrogen-bond donors (Lipinski definition) is 1. The SMILES string of the molecule is CCCNC(=O)C1(C(=O)N(CC)c2ccccc2)CC1. The fourth-order valence-electron chi connectivity index (χ4n) is 2.38. The van der Waals surface area contributed by atoms with Gasteiger partial charge in [-0.05, 0) is 38.3 Å². The summed E-state index contributed by atoms with van der Waals surface area (Å²) in [5.41, 5.74) is 0.0376. The van der Waals surface area contributed by atoms with Gasteiger partial charge in [-0.3, -0.25) is 9.59 Å². The van der Waals surface area contributed by atoms with Crippen LogP contribution in [0.15, 0.2) is 30.3 Å². The molecule has 4 nitrogen and oxygen atoms in total. The average molecular weight is 274 g/mol. The van der Waals surface area contributed by atoms with Crippen molar-refractivity contribution < 1.29 is 9.59 Å². The molecule has 1 N–H and O–H groups in total. The Labute approximate surface area is 120 Å². The van der Waals surface area contributed by atoms with E-state index in [0.717, 1.165) is 12.1 Å². The molecular formula is C16H22N2O2. The highest BCUT2D eigenvalue weighted by Crippen LogP contribution is 2.48. The molecule has 0 atom stereocenters. The van der Waals surface area contributed by atoms with Crippen molar-refractivity contribution in [2.75, 3.05) is 18.0 Å². The van der Waals surface area contributed by atoms with Gasteiger partial charge in [-0.25, -0.2) is 0 Å². The lowest BCUT2D eigenvalue weighted by molar-refractivity contribution is -0.135. The molecule has 1 fully saturated rings. The van der Waals surface area contributed by atoms with E-state index in [9.17, 15) is 9.59 Å². The highest BCUT2D eigenvalue weighted by molar-refractivity contribution is 6.14. The molecule has 4 heteroatoms. The van der Waals surface area contributed by atoms with E-state index in [1.54, 1.807) is 4.90 Å². The summed E-state index contributed by atoms with van der Waals surface area (Å²) in [5.74, 6) is -0.182. The first kappa shape index (κ1) is 14.6. The van der Waals surface area contributed by atoms with Crippen molar-refractivity contribution >= 4 is 17.5 Å². The van der Waals surface area contributed by atoms with Crippen LogP contribution in [0.25, 0.3) is 0 Å². The van der Waals surface area contributed by atoms with E-state index in [-0.39, 0.29) is 11.8 Å². The molecule has 0 spiro atoms. The number of para-hydroxylation sites is 1. The first-order valence-electron chi connectivity index (χ1n) is 7.31. The Kier molecular flexibility index (Phi) is 4.42. The predicted molar refractivity (Wildman–Crippen MR) is 79.4 cm³/mol. The largest absolute Gasteiger partial charge is 0.355 e. The number of hydrogen-bond acceptors (Lipinski definition) is 2. The minimum Gasteiger partial charge on any atom is -0.355 e. The van der Waals surface area contributed by atoms with E-state index >= 15 is 0 Å². The third kappa shape index (κ3) is 2.69. The van der Waals surface area contributed by atoms with Crippen LogP contribution in [0.3, 0.4) is 0 Å². The molecular weight excluding hydrogens is 252 g/mol. The molecule has 0 aliphatic heterocycles. The van der Waals surface area contributed by atoms with Crippen LogP contribution in [0.1, 0.15) is 33.1 Å². The first-order chi connectivity index (χ1) is 9.65. The molecule has 1 aromatic carbocycles. The number of anilines is 1. The normalized spacial score (nSPS) is 15.5. The Balaban J connectivity index is 2.15. The molecule has 20 heavy (non-hydrogen) atoms. The van der Waals surface area contributed by atoms with E-state index in [4.69, 9.17) is 0 Å². The van der Waals surface area contributed by atoms with Crippen LogP contribution in [0.5, 0.6) is 0 Å². The fourth-order valence-corrected chi connectivity index (χ4v) is 2.38. The first-order valence-corrected chi connectivity index (χ1v) is 7.31. The standard InChI is InChI=1S/C16H22N2O2/c1-3-12-17-14(19)16(10-11-16)15(20)18(4-2)13-8-6-5-7-9-13/h5-9H,3-4,10-12H2,1-2H3,(H,17,19). The van der Waals surface area contributed by atoms with Gasteiger partial charge in [0.2, 0.25) is 11.8 Å². The molecule has 2 rings (SSSR count). The number of nitrogens with one attached hydrogen (secondary N) is 1. The minimum atomic E-state index is -0.818. The fraction of sp³-hybridized carbons (Fsp3) is 0.500. The Hall–Kier alpha value is -1.84. The summed E-state index contributed by atoms with van der Waals surface area (Å²) in [6.45, 7) is 5.14. The minimum absolute atomic E-state index is 0.0696. The maximum Gasteiger partial charge on any atom is 0.242 e. The maximum absolute atomic E-state index is 12.7. The lowest BCUT2D eigenvalue weighted by Gasteiger charge is -2.25. The van der Waals surface area contributed by atoms with Gasteiger partial charge < -0.3 is 10.2 Å². The second-order valence-corrected chi connectivity index (χ2v) is 5.22. The Bertz CT molecular complexity index is 481. The van der Waals surface area contributed by atoms with E-state index in [0.29, 0.717) is 25.9 Å². The number of amides is 2. The van der Waals surface area contributed by atoms with Gasteiger partial charge in [-0.2, -0.15) is 0 Å². The Morgan fingerprint density at radius 2 is 1.85 bits per heavy atom. The lowest BCUT2D eigenvalue weighted by atomic mass is 10.0. The van der Waals surface area contributed by atoms with Crippen LogP contribution in [-0.2, 0) is 9.59 Å². The molecule has 0 unspecified atom stereocenters. The summed E-state index contributed by atoms with van der Waals surface area (Å²) >= 11 is 0. The van der Waals surface area contributed by atoms with Crippen LogP contribution in [0.4, 0.5) is 5.69 Å².